The molecule has 1 heterocycles. The Labute approximate surface area is 111 Å². The van der Waals surface area contributed by atoms with Crippen LogP contribution in [0.15, 0.2) is 18.2 Å². The zero-order valence-corrected chi connectivity index (χ0v) is 10.6. The number of nitrogens with one attached hydrogen (secondary N) is 1. The fraction of sp³-hybridized carbons (Fsp3) is 0.500. The van der Waals surface area contributed by atoms with E-state index >= 15 is 0 Å². The van der Waals surface area contributed by atoms with E-state index in [-0.39, 0.29) is 5.92 Å². The van der Waals surface area contributed by atoms with E-state index in [0.717, 1.165) is 29.9 Å². The minimum atomic E-state index is -0.764. The highest BCUT2D eigenvalue weighted by Gasteiger charge is 2.35. The van der Waals surface area contributed by atoms with Crippen LogP contribution in [0.4, 0.5) is 0 Å². The molecule has 0 bridgehead atoms. The van der Waals surface area contributed by atoms with Crippen molar-refractivity contribution in [2.45, 2.75) is 25.4 Å². The van der Waals surface area contributed by atoms with Gasteiger partial charge in [-0.1, -0.05) is 6.07 Å². The Kier molecular flexibility index (Phi) is 3.29. The van der Waals surface area contributed by atoms with Gasteiger partial charge in [-0.05, 0) is 36.5 Å². The minimum Gasteiger partial charge on any atom is -0.486 e. The first-order valence-electron chi connectivity index (χ1n) is 6.59. The first kappa shape index (κ1) is 12.3. The predicted molar refractivity (Wildman–Crippen MR) is 68.4 cm³/mol. The maximum absolute atomic E-state index is 11.1. The van der Waals surface area contributed by atoms with E-state index in [0.29, 0.717) is 19.8 Å². The second kappa shape index (κ2) is 5.09. The summed E-state index contributed by atoms with van der Waals surface area (Å²) >= 11 is 0. The lowest BCUT2D eigenvalue weighted by Gasteiger charge is -2.19. The van der Waals surface area contributed by atoms with Gasteiger partial charge in [0.1, 0.15) is 19.3 Å². The second-order valence-corrected chi connectivity index (χ2v) is 5.01. The number of hydrogen-bond acceptors (Lipinski definition) is 4. The molecule has 19 heavy (non-hydrogen) atoms. The average molecular weight is 263 g/mol. The topological polar surface area (TPSA) is 67.8 Å². The van der Waals surface area contributed by atoms with Crippen LogP contribution in [0.25, 0.3) is 0 Å². The molecule has 2 N–H and O–H groups in total. The molecule has 1 saturated carbocycles. The van der Waals surface area contributed by atoms with Crippen molar-refractivity contribution in [2.75, 3.05) is 13.2 Å². The summed E-state index contributed by atoms with van der Waals surface area (Å²) in [6.07, 6.45) is 2.01. The minimum absolute atomic E-state index is 0.287. The van der Waals surface area contributed by atoms with Gasteiger partial charge in [0.15, 0.2) is 11.5 Å². The van der Waals surface area contributed by atoms with Crippen LogP contribution in [0.2, 0.25) is 0 Å². The Hall–Kier alpha value is -1.75. The fourth-order valence-corrected chi connectivity index (χ4v) is 2.31. The molecule has 0 amide bonds. The highest BCUT2D eigenvalue weighted by atomic mass is 16.6. The van der Waals surface area contributed by atoms with Crippen LogP contribution in [-0.2, 0) is 11.3 Å². The Bertz CT molecular complexity index is 484. The van der Waals surface area contributed by atoms with Crippen LogP contribution in [0.5, 0.6) is 11.5 Å². The number of rotatable bonds is 5. The summed E-state index contributed by atoms with van der Waals surface area (Å²) in [5.41, 5.74) is 1.01. The zero-order chi connectivity index (χ0) is 13.2. The average Bonchev–Trinajstić information content (AvgIpc) is 3.23. The molecular formula is C14H17NO4. The molecule has 1 unspecified atom stereocenters. The molecule has 0 radical (unpaired) electrons. The van der Waals surface area contributed by atoms with Gasteiger partial charge in [0, 0.05) is 6.54 Å². The standard InChI is InChI=1S/C14H17NO4/c16-14(17)13(10-2-3-10)15-8-9-1-4-11-12(7-9)19-6-5-18-11/h1,4,7,10,13,15H,2-3,5-6,8H2,(H,16,17). The van der Waals surface area contributed by atoms with Crippen LogP contribution in [-0.4, -0.2) is 30.3 Å². The van der Waals surface area contributed by atoms with Crippen LogP contribution >= 0.6 is 0 Å². The van der Waals surface area contributed by atoms with E-state index in [1.165, 1.54) is 0 Å². The predicted octanol–water partition coefficient (Wildman–Crippen LogP) is 1.41. The zero-order valence-electron chi connectivity index (χ0n) is 10.6. The number of aliphatic carboxylic acids is 1. The molecule has 0 saturated heterocycles. The molecular weight excluding hydrogens is 246 g/mol. The van der Waals surface area contributed by atoms with Crippen LogP contribution in [0, 0.1) is 5.92 Å². The molecule has 1 fully saturated rings. The van der Waals surface area contributed by atoms with Crippen molar-refractivity contribution in [3.8, 4) is 11.5 Å². The lowest BCUT2D eigenvalue weighted by Crippen LogP contribution is -2.38. The Morgan fingerprint density at radius 1 is 1.32 bits per heavy atom. The molecule has 1 aliphatic carbocycles. The maximum Gasteiger partial charge on any atom is 0.320 e. The lowest BCUT2D eigenvalue weighted by atomic mass is 10.1. The number of carbonyl (C=O) groups is 1. The van der Waals surface area contributed by atoms with Gasteiger partial charge in [-0.2, -0.15) is 0 Å². The Balaban J connectivity index is 1.64. The lowest BCUT2D eigenvalue weighted by molar-refractivity contribution is -0.140. The molecule has 1 aliphatic heterocycles. The van der Waals surface area contributed by atoms with Crippen molar-refractivity contribution in [3.05, 3.63) is 23.8 Å². The van der Waals surface area contributed by atoms with E-state index in [4.69, 9.17) is 14.6 Å². The van der Waals surface area contributed by atoms with Gasteiger partial charge in [-0.15, -0.1) is 0 Å². The van der Waals surface area contributed by atoms with Crippen molar-refractivity contribution in [2.24, 2.45) is 5.92 Å². The molecule has 5 nitrogen and oxygen atoms in total. The SMILES string of the molecule is O=C(O)C(NCc1ccc2c(c1)OCCO2)C1CC1. The van der Waals surface area contributed by atoms with Gasteiger partial charge in [0.05, 0.1) is 0 Å². The summed E-state index contributed by atoms with van der Waals surface area (Å²) in [5.74, 6) is 1.02. The summed E-state index contributed by atoms with van der Waals surface area (Å²) in [6, 6.07) is 5.28. The van der Waals surface area contributed by atoms with E-state index in [9.17, 15) is 4.79 Å². The summed E-state index contributed by atoms with van der Waals surface area (Å²) in [5, 5.41) is 12.3. The van der Waals surface area contributed by atoms with Crippen molar-refractivity contribution < 1.29 is 19.4 Å². The van der Waals surface area contributed by atoms with Crippen molar-refractivity contribution >= 4 is 5.97 Å². The summed E-state index contributed by atoms with van der Waals surface area (Å²) < 4.78 is 11.0. The van der Waals surface area contributed by atoms with Crippen molar-refractivity contribution in [1.82, 2.24) is 5.32 Å². The van der Waals surface area contributed by atoms with Gasteiger partial charge in [-0.3, -0.25) is 4.79 Å². The van der Waals surface area contributed by atoms with E-state index in [2.05, 4.69) is 5.32 Å². The number of carboxylic acids is 1. The normalized spacial score (nSPS) is 18.9. The molecule has 5 heteroatoms. The number of fused-ring (bicyclic) bond motifs is 1. The monoisotopic (exact) mass is 263 g/mol. The molecule has 1 atom stereocenters. The van der Waals surface area contributed by atoms with Gasteiger partial charge in [0.2, 0.25) is 0 Å². The highest BCUT2D eigenvalue weighted by molar-refractivity contribution is 5.74. The smallest absolute Gasteiger partial charge is 0.320 e. The van der Waals surface area contributed by atoms with Gasteiger partial charge < -0.3 is 19.9 Å². The van der Waals surface area contributed by atoms with E-state index < -0.39 is 12.0 Å². The number of carboxylic acid groups (broad SMARTS) is 1. The fourth-order valence-electron chi connectivity index (χ4n) is 2.31. The van der Waals surface area contributed by atoms with E-state index in [1.807, 2.05) is 18.2 Å². The Morgan fingerprint density at radius 3 is 2.74 bits per heavy atom. The first-order chi connectivity index (χ1) is 9.24. The highest BCUT2D eigenvalue weighted by Crippen LogP contribution is 2.33. The van der Waals surface area contributed by atoms with Crippen LogP contribution in [0.1, 0.15) is 18.4 Å². The maximum atomic E-state index is 11.1. The number of hydrogen-bond donors (Lipinski definition) is 2. The quantitative estimate of drug-likeness (QED) is 0.840. The number of ether oxygens (including phenoxy) is 2. The van der Waals surface area contributed by atoms with Gasteiger partial charge in [0.25, 0.3) is 0 Å². The second-order valence-electron chi connectivity index (χ2n) is 5.01. The summed E-state index contributed by atoms with van der Waals surface area (Å²) in [6.45, 7) is 1.67. The van der Waals surface area contributed by atoms with Crippen LogP contribution in [0.3, 0.4) is 0 Å². The molecule has 0 spiro atoms. The van der Waals surface area contributed by atoms with Crippen molar-refractivity contribution in [3.63, 3.8) is 0 Å². The Morgan fingerprint density at radius 2 is 2.05 bits per heavy atom. The third kappa shape index (κ3) is 2.81. The summed E-state index contributed by atoms with van der Waals surface area (Å²) in [4.78, 5) is 11.1. The van der Waals surface area contributed by atoms with Gasteiger partial charge in [-0.25, -0.2) is 0 Å². The third-order valence-electron chi connectivity index (χ3n) is 3.49. The van der Waals surface area contributed by atoms with Crippen LogP contribution < -0.4 is 14.8 Å². The molecule has 102 valence electrons. The van der Waals surface area contributed by atoms with Gasteiger partial charge >= 0.3 is 5.97 Å². The molecule has 3 rings (SSSR count). The molecule has 0 aromatic heterocycles. The molecule has 2 aliphatic rings. The summed E-state index contributed by atoms with van der Waals surface area (Å²) in [7, 11) is 0. The van der Waals surface area contributed by atoms with E-state index in [1.54, 1.807) is 0 Å². The van der Waals surface area contributed by atoms with Crippen molar-refractivity contribution in [1.29, 1.82) is 0 Å². The first-order valence-corrected chi connectivity index (χ1v) is 6.59. The number of benzene rings is 1. The molecule has 1 aromatic rings. The largest absolute Gasteiger partial charge is 0.486 e. The third-order valence-corrected chi connectivity index (χ3v) is 3.49. The molecule has 1 aromatic carbocycles.